The number of amides is 1. The van der Waals surface area contributed by atoms with Crippen LogP contribution >= 0.6 is 0 Å². The summed E-state index contributed by atoms with van der Waals surface area (Å²) in [5.41, 5.74) is 0. The Balaban J connectivity index is 2.40. The molecular formula is C11H21NO. The number of rotatable bonds is 2. The zero-order valence-electron chi connectivity index (χ0n) is 8.88. The summed E-state index contributed by atoms with van der Waals surface area (Å²) in [6, 6.07) is 0. The van der Waals surface area contributed by atoms with Gasteiger partial charge in [-0.05, 0) is 25.2 Å². The normalized spacial score (nSPS) is 24.2. The van der Waals surface area contributed by atoms with Gasteiger partial charge in [0.05, 0.1) is 0 Å². The molecule has 0 spiro atoms. The number of hydrogen-bond donors (Lipinski definition) is 0. The molecule has 2 heteroatoms. The van der Waals surface area contributed by atoms with Crippen molar-refractivity contribution in [3.05, 3.63) is 0 Å². The first-order chi connectivity index (χ1) is 6.27. The molecule has 76 valence electrons. The van der Waals surface area contributed by atoms with Crippen molar-refractivity contribution in [1.29, 1.82) is 0 Å². The molecule has 1 rings (SSSR count). The third-order valence-electron chi connectivity index (χ3n) is 3.08. The molecule has 1 amide bonds. The number of carbonyl (C=O) groups is 1. The molecule has 0 aromatic carbocycles. The molecule has 1 saturated heterocycles. The summed E-state index contributed by atoms with van der Waals surface area (Å²) < 4.78 is 0. The Bertz CT molecular complexity index is 167. The molecule has 2 nitrogen and oxygen atoms in total. The largest absolute Gasteiger partial charge is 0.343 e. The van der Waals surface area contributed by atoms with E-state index in [0.717, 1.165) is 19.0 Å². The monoisotopic (exact) mass is 183 g/mol. The Labute approximate surface area is 81.3 Å². The number of nitrogens with zero attached hydrogens (tertiary/aromatic N) is 1. The molecule has 1 aliphatic rings. The summed E-state index contributed by atoms with van der Waals surface area (Å²) in [5.74, 6) is 1.19. The van der Waals surface area contributed by atoms with Crippen LogP contribution < -0.4 is 0 Å². The highest BCUT2D eigenvalue weighted by Gasteiger charge is 2.17. The fraction of sp³-hybridized carbons (Fsp3) is 0.909. The second-order valence-corrected chi connectivity index (χ2v) is 3.94. The average molecular weight is 183 g/mol. The van der Waals surface area contributed by atoms with Gasteiger partial charge < -0.3 is 4.90 Å². The van der Waals surface area contributed by atoms with Gasteiger partial charge in [-0.1, -0.05) is 20.3 Å². The van der Waals surface area contributed by atoms with Crippen molar-refractivity contribution in [3.8, 4) is 0 Å². The van der Waals surface area contributed by atoms with E-state index in [1.807, 2.05) is 11.8 Å². The van der Waals surface area contributed by atoms with Crippen molar-refractivity contribution in [3.63, 3.8) is 0 Å². The van der Waals surface area contributed by atoms with Crippen LogP contribution in [0.1, 0.15) is 46.0 Å². The Morgan fingerprint density at radius 3 is 2.69 bits per heavy atom. The summed E-state index contributed by atoms with van der Waals surface area (Å²) in [7, 11) is 0. The van der Waals surface area contributed by atoms with E-state index in [2.05, 4.69) is 6.92 Å². The second-order valence-electron chi connectivity index (χ2n) is 3.94. The molecule has 1 heterocycles. The van der Waals surface area contributed by atoms with Crippen molar-refractivity contribution < 1.29 is 4.79 Å². The van der Waals surface area contributed by atoms with E-state index < -0.39 is 0 Å². The first-order valence-corrected chi connectivity index (χ1v) is 5.55. The van der Waals surface area contributed by atoms with Gasteiger partial charge in [-0.25, -0.2) is 0 Å². The molecule has 0 N–H and O–H groups in total. The highest BCUT2D eigenvalue weighted by molar-refractivity contribution is 5.75. The van der Waals surface area contributed by atoms with Crippen LogP contribution in [0.25, 0.3) is 0 Å². The standard InChI is InChI=1S/C11H21NO/c1-3-10-6-5-8-12(9-7-10)11(13)4-2/h10H,3-9H2,1-2H3. The van der Waals surface area contributed by atoms with E-state index in [1.165, 1.54) is 25.7 Å². The van der Waals surface area contributed by atoms with Gasteiger partial charge in [-0.3, -0.25) is 4.79 Å². The predicted octanol–water partition coefficient (Wildman–Crippen LogP) is 2.44. The summed E-state index contributed by atoms with van der Waals surface area (Å²) in [4.78, 5) is 13.5. The minimum absolute atomic E-state index is 0.330. The van der Waals surface area contributed by atoms with Gasteiger partial charge in [0.25, 0.3) is 0 Å². The molecule has 1 unspecified atom stereocenters. The van der Waals surface area contributed by atoms with Crippen molar-refractivity contribution in [2.75, 3.05) is 13.1 Å². The fourth-order valence-corrected chi connectivity index (χ4v) is 2.05. The Morgan fingerprint density at radius 1 is 1.31 bits per heavy atom. The fourth-order valence-electron chi connectivity index (χ4n) is 2.05. The van der Waals surface area contributed by atoms with Crippen LogP contribution in [0.2, 0.25) is 0 Å². The van der Waals surface area contributed by atoms with Crippen LogP contribution in [0.5, 0.6) is 0 Å². The van der Waals surface area contributed by atoms with Crippen LogP contribution in [0.4, 0.5) is 0 Å². The van der Waals surface area contributed by atoms with Crippen LogP contribution in [0.3, 0.4) is 0 Å². The summed E-state index contributed by atoms with van der Waals surface area (Å²) in [6.45, 7) is 6.18. The molecule has 0 aromatic heterocycles. The maximum absolute atomic E-state index is 11.4. The lowest BCUT2D eigenvalue weighted by Crippen LogP contribution is -2.31. The van der Waals surface area contributed by atoms with Gasteiger partial charge in [0.1, 0.15) is 0 Å². The Morgan fingerprint density at radius 2 is 2.08 bits per heavy atom. The molecule has 0 radical (unpaired) electrons. The molecule has 13 heavy (non-hydrogen) atoms. The van der Waals surface area contributed by atoms with Crippen molar-refractivity contribution in [2.45, 2.75) is 46.0 Å². The van der Waals surface area contributed by atoms with E-state index in [-0.39, 0.29) is 0 Å². The molecule has 0 aliphatic carbocycles. The van der Waals surface area contributed by atoms with E-state index in [4.69, 9.17) is 0 Å². The predicted molar refractivity (Wildman–Crippen MR) is 54.5 cm³/mol. The topological polar surface area (TPSA) is 20.3 Å². The van der Waals surface area contributed by atoms with Crippen molar-refractivity contribution >= 4 is 5.91 Å². The molecule has 0 saturated carbocycles. The lowest BCUT2D eigenvalue weighted by Gasteiger charge is -2.19. The number of hydrogen-bond acceptors (Lipinski definition) is 1. The third-order valence-corrected chi connectivity index (χ3v) is 3.08. The van der Waals surface area contributed by atoms with Gasteiger partial charge in [-0.2, -0.15) is 0 Å². The minimum Gasteiger partial charge on any atom is -0.343 e. The maximum atomic E-state index is 11.4. The minimum atomic E-state index is 0.330. The van der Waals surface area contributed by atoms with Gasteiger partial charge in [0.2, 0.25) is 5.91 Å². The maximum Gasteiger partial charge on any atom is 0.222 e. The van der Waals surface area contributed by atoms with E-state index in [1.54, 1.807) is 0 Å². The molecule has 0 aromatic rings. The van der Waals surface area contributed by atoms with E-state index >= 15 is 0 Å². The van der Waals surface area contributed by atoms with Gasteiger partial charge in [0, 0.05) is 19.5 Å². The Hall–Kier alpha value is -0.530. The highest BCUT2D eigenvalue weighted by atomic mass is 16.2. The number of likely N-dealkylation sites (tertiary alicyclic amines) is 1. The lowest BCUT2D eigenvalue weighted by molar-refractivity contribution is -0.130. The van der Waals surface area contributed by atoms with E-state index in [0.29, 0.717) is 12.3 Å². The number of carbonyl (C=O) groups excluding carboxylic acids is 1. The first-order valence-electron chi connectivity index (χ1n) is 5.55. The van der Waals surface area contributed by atoms with Crippen LogP contribution in [-0.4, -0.2) is 23.9 Å². The summed E-state index contributed by atoms with van der Waals surface area (Å²) in [5, 5.41) is 0. The first kappa shape index (κ1) is 10.6. The molecule has 1 fully saturated rings. The average Bonchev–Trinajstić information content (AvgIpc) is 2.41. The van der Waals surface area contributed by atoms with Crippen LogP contribution in [-0.2, 0) is 4.79 Å². The molecule has 1 atom stereocenters. The second kappa shape index (κ2) is 5.25. The van der Waals surface area contributed by atoms with Crippen molar-refractivity contribution in [2.24, 2.45) is 5.92 Å². The van der Waals surface area contributed by atoms with Crippen LogP contribution in [0.15, 0.2) is 0 Å². The van der Waals surface area contributed by atoms with E-state index in [9.17, 15) is 4.79 Å². The summed E-state index contributed by atoms with van der Waals surface area (Å²) >= 11 is 0. The third kappa shape index (κ3) is 3.02. The zero-order chi connectivity index (χ0) is 9.68. The van der Waals surface area contributed by atoms with Gasteiger partial charge >= 0.3 is 0 Å². The highest BCUT2D eigenvalue weighted by Crippen LogP contribution is 2.20. The molecular weight excluding hydrogens is 162 g/mol. The lowest BCUT2D eigenvalue weighted by atomic mass is 9.98. The quantitative estimate of drug-likeness (QED) is 0.644. The van der Waals surface area contributed by atoms with Crippen LogP contribution in [0, 0.1) is 5.92 Å². The zero-order valence-corrected chi connectivity index (χ0v) is 8.88. The smallest absolute Gasteiger partial charge is 0.222 e. The summed E-state index contributed by atoms with van der Waals surface area (Å²) in [6.07, 6.45) is 5.65. The van der Waals surface area contributed by atoms with Gasteiger partial charge in [-0.15, -0.1) is 0 Å². The Kier molecular flexibility index (Phi) is 4.26. The SMILES string of the molecule is CCC(=O)N1CCCC(CC)CC1. The van der Waals surface area contributed by atoms with Gasteiger partial charge in [0.15, 0.2) is 0 Å². The van der Waals surface area contributed by atoms with Crippen molar-refractivity contribution in [1.82, 2.24) is 4.90 Å². The molecule has 1 aliphatic heterocycles. The molecule has 0 bridgehead atoms.